The Hall–Kier alpha value is -2.11. The van der Waals surface area contributed by atoms with Crippen molar-refractivity contribution in [3.63, 3.8) is 0 Å². The molecule has 0 aliphatic carbocycles. The van der Waals surface area contributed by atoms with E-state index in [0.717, 1.165) is 17.7 Å². The molecule has 0 unspecified atom stereocenters. The molecule has 142 valence electrons. The van der Waals surface area contributed by atoms with Crippen molar-refractivity contribution in [3.8, 4) is 11.5 Å². The van der Waals surface area contributed by atoms with Gasteiger partial charge in [-0.2, -0.15) is 0 Å². The van der Waals surface area contributed by atoms with Crippen LogP contribution < -0.4 is 20.5 Å². The van der Waals surface area contributed by atoms with Crippen molar-refractivity contribution >= 4 is 35.6 Å². The van der Waals surface area contributed by atoms with E-state index >= 15 is 0 Å². The molecular formula is C19H24Cl2N2O3. The Morgan fingerprint density at radius 3 is 2.54 bits per heavy atom. The monoisotopic (exact) mass is 398 g/mol. The number of nitrogens with one attached hydrogen (secondary N) is 1. The average Bonchev–Trinajstić information content (AvgIpc) is 2.61. The van der Waals surface area contributed by atoms with E-state index in [0.29, 0.717) is 41.7 Å². The number of benzene rings is 2. The van der Waals surface area contributed by atoms with Gasteiger partial charge in [0.2, 0.25) is 0 Å². The summed E-state index contributed by atoms with van der Waals surface area (Å²) in [6, 6.07) is 10.8. The lowest BCUT2D eigenvalue weighted by Crippen LogP contribution is -2.25. The number of nitrogen functional groups attached to an aromatic ring is 1. The first-order chi connectivity index (χ1) is 12.0. The summed E-state index contributed by atoms with van der Waals surface area (Å²) in [5.41, 5.74) is 7.92. The van der Waals surface area contributed by atoms with Crippen molar-refractivity contribution in [3.05, 3.63) is 52.5 Å². The highest BCUT2D eigenvalue weighted by Gasteiger charge is 2.15. The van der Waals surface area contributed by atoms with Gasteiger partial charge in [-0.1, -0.05) is 30.7 Å². The maximum atomic E-state index is 12.3. The number of rotatable bonds is 8. The molecule has 0 atom stereocenters. The lowest BCUT2D eigenvalue weighted by molar-refractivity contribution is 0.0953. The van der Waals surface area contributed by atoms with Crippen LogP contribution in [-0.2, 0) is 6.42 Å². The number of ether oxygens (including phenoxy) is 2. The highest BCUT2D eigenvalue weighted by molar-refractivity contribution is 6.32. The summed E-state index contributed by atoms with van der Waals surface area (Å²) in [7, 11) is 1.52. The number of hydrogen-bond donors (Lipinski definition) is 2. The van der Waals surface area contributed by atoms with E-state index < -0.39 is 0 Å². The number of amides is 1. The molecule has 2 rings (SSSR count). The molecule has 1 amide bonds. The molecule has 0 spiro atoms. The predicted octanol–water partition coefficient (Wildman–Crippen LogP) is 4.11. The first-order valence-corrected chi connectivity index (χ1v) is 8.56. The van der Waals surface area contributed by atoms with Crippen LogP contribution in [0, 0.1) is 0 Å². The molecule has 0 aliphatic heterocycles. The summed E-state index contributed by atoms with van der Waals surface area (Å²) in [5, 5.41) is 3.24. The first kappa shape index (κ1) is 21.9. The van der Waals surface area contributed by atoms with Gasteiger partial charge in [-0.25, -0.2) is 0 Å². The molecule has 3 N–H and O–H groups in total. The first-order valence-electron chi connectivity index (χ1n) is 8.18. The number of carbonyl (C=O) groups is 1. The molecule has 0 bridgehead atoms. The van der Waals surface area contributed by atoms with Crippen LogP contribution in [0.1, 0.15) is 29.3 Å². The molecule has 5 nitrogen and oxygen atoms in total. The molecule has 0 fully saturated rings. The minimum Gasteiger partial charge on any atom is -0.493 e. The number of nitrogens with two attached hydrogens (primary N) is 1. The summed E-state index contributed by atoms with van der Waals surface area (Å²) in [4.78, 5) is 12.3. The van der Waals surface area contributed by atoms with Gasteiger partial charge in [0, 0.05) is 17.8 Å². The van der Waals surface area contributed by atoms with Crippen LogP contribution in [0.4, 0.5) is 5.69 Å². The van der Waals surface area contributed by atoms with Crippen LogP contribution >= 0.6 is 24.0 Å². The topological polar surface area (TPSA) is 73.6 Å². The normalized spacial score (nSPS) is 9.96. The van der Waals surface area contributed by atoms with Crippen LogP contribution in [0.2, 0.25) is 5.02 Å². The molecule has 2 aromatic carbocycles. The molecule has 0 aromatic heterocycles. The van der Waals surface area contributed by atoms with Crippen LogP contribution in [-0.4, -0.2) is 26.2 Å². The number of carbonyl (C=O) groups excluding carboxylic acids is 1. The Labute approximate surface area is 165 Å². The molecule has 0 aliphatic rings. The SMILES string of the molecule is CCCOc1c(Cl)cc(C(=O)NCCc2ccc(N)cc2)cc1OC.Cl. The smallest absolute Gasteiger partial charge is 0.251 e. The molecule has 2 aromatic rings. The van der Waals surface area contributed by atoms with Gasteiger partial charge >= 0.3 is 0 Å². The summed E-state index contributed by atoms with van der Waals surface area (Å²) in [6.07, 6.45) is 1.57. The summed E-state index contributed by atoms with van der Waals surface area (Å²) < 4.78 is 10.9. The van der Waals surface area contributed by atoms with E-state index in [9.17, 15) is 4.79 Å². The molecule has 0 radical (unpaired) electrons. The Morgan fingerprint density at radius 2 is 1.92 bits per heavy atom. The van der Waals surface area contributed by atoms with E-state index in [4.69, 9.17) is 26.8 Å². The standard InChI is InChI=1S/C19H23ClN2O3.ClH/c1-3-10-25-18-16(20)11-14(12-17(18)24-2)19(23)22-9-8-13-4-6-15(21)7-5-13;/h4-7,11-12H,3,8-10,21H2,1-2H3,(H,22,23);1H. The van der Waals surface area contributed by atoms with Crippen molar-refractivity contribution < 1.29 is 14.3 Å². The second-order valence-electron chi connectivity index (χ2n) is 5.59. The third-order valence-corrected chi connectivity index (χ3v) is 3.90. The van der Waals surface area contributed by atoms with Gasteiger partial charge in [0.25, 0.3) is 5.91 Å². The molecule has 7 heteroatoms. The number of methoxy groups -OCH3 is 1. The van der Waals surface area contributed by atoms with Crippen molar-refractivity contribution in [2.24, 2.45) is 0 Å². The second-order valence-corrected chi connectivity index (χ2v) is 5.99. The number of hydrogen-bond acceptors (Lipinski definition) is 4. The van der Waals surface area contributed by atoms with Crippen molar-refractivity contribution in [1.82, 2.24) is 5.32 Å². The third kappa shape index (κ3) is 6.00. The van der Waals surface area contributed by atoms with Crippen molar-refractivity contribution in [2.75, 3.05) is 26.0 Å². The zero-order valence-electron chi connectivity index (χ0n) is 14.9. The summed E-state index contributed by atoms with van der Waals surface area (Å²) in [6.45, 7) is 3.04. The van der Waals surface area contributed by atoms with Gasteiger partial charge in [-0.05, 0) is 42.7 Å². The zero-order valence-corrected chi connectivity index (χ0v) is 16.5. The quantitative estimate of drug-likeness (QED) is 0.655. The van der Waals surface area contributed by atoms with E-state index in [1.165, 1.54) is 7.11 Å². The summed E-state index contributed by atoms with van der Waals surface area (Å²) in [5.74, 6) is 0.701. The van der Waals surface area contributed by atoms with Crippen molar-refractivity contribution in [2.45, 2.75) is 19.8 Å². The molecule has 0 saturated heterocycles. The maximum absolute atomic E-state index is 12.3. The minimum absolute atomic E-state index is 0. The van der Waals surface area contributed by atoms with Crippen LogP contribution in [0.15, 0.2) is 36.4 Å². The number of anilines is 1. The van der Waals surface area contributed by atoms with Crippen LogP contribution in [0.5, 0.6) is 11.5 Å². The van der Waals surface area contributed by atoms with Gasteiger partial charge in [-0.15, -0.1) is 12.4 Å². The van der Waals surface area contributed by atoms with E-state index in [2.05, 4.69) is 5.32 Å². The van der Waals surface area contributed by atoms with Crippen LogP contribution in [0.25, 0.3) is 0 Å². The van der Waals surface area contributed by atoms with Gasteiger partial charge in [0.1, 0.15) is 0 Å². The van der Waals surface area contributed by atoms with Gasteiger partial charge in [-0.3, -0.25) is 4.79 Å². The third-order valence-electron chi connectivity index (χ3n) is 3.62. The molecule has 26 heavy (non-hydrogen) atoms. The van der Waals surface area contributed by atoms with Crippen LogP contribution in [0.3, 0.4) is 0 Å². The molecule has 0 saturated carbocycles. The minimum atomic E-state index is -0.210. The van der Waals surface area contributed by atoms with E-state index in [-0.39, 0.29) is 18.3 Å². The van der Waals surface area contributed by atoms with Gasteiger partial charge in [0.05, 0.1) is 18.7 Å². The lowest BCUT2D eigenvalue weighted by Gasteiger charge is -2.14. The predicted molar refractivity (Wildman–Crippen MR) is 108 cm³/mol. The van der Waals surface area contributed by atoms with Gasteiger partial charge in [0.15, 0.2) is 11.5 Å². The highest BCUT2D eigenvalue weighted by Crippen LogP contribution is 2.36. The highest BCUT2D eigenvalue weighted by atomic mass is 35.5. The van der Waals surface area contributed by atoms with E-state index in [1.807, 2.05) is 31.2 Å². The second kappa shape index (κ2) is 10.8. The average molecular weight is 399 g/mol. The Morgan fingerprint density at radius 1 is 1.23 bits per heavy atom. The largest absolute Gasteiger partial charge is 0.493 e. The Kier molecular flexibility index (Phi) is 9.10. The molecular weight excluding hydrogens is 375 g/mol. The lowest BCUT2D eigenvalue weighted by atomic mass is 10.1. The van der Waals surface area contributed by atoms with E-state index in [1.54, 1.807) is 12.1 Å². The number of halogens is 2. The fourth-order valence-electron chi connectivity index (χ4n) is 2.30. The summed E-state index contributed by atoms with van der Waals surface area (Å²) >= 11 is 6.24. The maximum Gasteiger partial charge on any atom is 0.251 e. The van der Waals surface area contributed by atoms with Gasteiger partial charge < -0.3 is 20.5 Å². The fraction of sp³-hybridized carbons (Fsp3) is 0.316. The zero-order chi connectivity index (χ0) is 18.2. The van der Waals surface area contributed by atoms with Crippen molar-refractivity contribution in [1.29, 1.82) is 0 Å². The molecule has 0 heterocycles. The fourth-order valence-corrected chi connectivity index (χ4v) is 2.57. The Balaban J connectivity index is 0.00000338. The Bertz CT molecular complexity index is 721.